The first kappa shape index (κ1) is 16.8. The Kier molecular flexibility index (Phi) is 4.76. The van der Waals surface area contributed by atoms with Crippen molar-refractivity contribution in [3.05, 3.63) is 57.5 Å². The molecule has 6 heteroatoms. The molecular formula is C18H18BrNO4. The van der Waals surface area contributed by atoms with E-state index in [-0.39, 0.29) is 23.3 Å². The third-order valence-corrected chi connectivity index (χ3v) is 4.56. The molecule has 0 atom stereocenters. The highest BCUT2D eigenvalue weighted by Gasteiger charge is 2.35. The summed E-state index contributed by atoms with van der Waals surface area (Å²) >= 11 is 3.44. The third kappa shape index (κ3) is 3.53. The van der Waals surface area contributed by atoms with E-state index in [0.717, 1.165) is 22.9 Å². The fourth-order valence-electron chi connectivity index (χ4n) is 2.70. The molecule has 24 heavy (non-hydrogen) atoms. The van der Waals surface area contributed by atoms with Gasteiger partial charge >= 0.3 is 5.97 Å². The summed E-state index contributed by atoms with van der Waals surface area (Å²) in [6.45, 7) is 2.28. The molecule has 1 N–H and O–H groups in total. The van der Waals surface area contributed by atoms with Gasteiger partial charge in [-0.3, -0.25) is 4.79 Å². The molecule has 1 aliphatic carbocycles. The number of carboxylic acids is 1. The van der Waals surface area contributed by atoms with Gasteiger partial charge in [-0.25, -0.2) is 4.79 Å². The zero-order valence-corrected chi connectivity index (χ0v) is 14.9. The normalized spacial score (nSPS) is 13.8. The Labute approximate surface area is 148 Å². The number of hydrogen-bond acceptors (Lipinski definition) is 3. The average molecular weight is 392 g/mol. The number of amides is 1. The van der Waals surface area contributed by atoms with E-state index in [9.17, 15) is 14.7 Å². The first-order valence-corrected chi connectivity index (χ1v) is 8.70. The van der Waals surface area contributed by atoms with Crippen molar-refractivity contribution in [3.8, 4) is 0 Å². The zero-order chi connectivity index (χ0) is 17.3. The van der Waals surface area contributed by atoms with E-state index in [1.54, 1.807) is 11.8 Å². The standard InChI is InChI=1S/C18H18BrNO4/c1-2-15-14(18(22)23)9-16(24-15)17(21)20(13-6-7-13)10-11-4-3-5-12(19)8-11/h3-5,8-9,13H,2,6-7,10H2,1H3,(H,22,23). The van der Waals surface area contributed by atoms with E-state index < -0.39 is 5.97 Å². The molecule has 2 aromatic rings. The van der Waals surface area contributed by atoms with Crippen LogP contribution in [0, 0.1) is 0 Å². The van der Waals surface area contributed by atoms with Crippen LogP contribution >= 0.6 is 15.9 Å². The number of aryl methyl sites for hydroxylation is 1. The van der Waals surface area contributed by atoms with Gasteiger partial charge in [0.1, 0.15) is 11.3 Å². The molecule has 1 fully saturated rings. The van der Waals surface area contributed by atoms with Crippen LogP contribution in [0.15, 0.2) is 39.2 Å². The van der Waals surface area contributed by atoms with Crippen LogP contribution in [0.4, 0.5) is 0 Å². The van der Waals surface area contributed by atoms with Crippen molar-refractivity contribution in [2.75, 3.05) is 0 Å². The van der Waals surface area contributed by atoms with Crippen LogP contribution in [0.1, 0.15) is 52.0 Å². The minimum absolute atomic E-state index is 0.0686. The molecule has 1 aliphatic rings. The number of rotatable bonds is 6. The molecule has 1 heterocycles. The van der Waals surface area contributed by atoms with Gasteiger partial charge in [-0.15, -0.1) is 0 Å². The molecule has 1 aromatic heterocycles. The number of nitrogens with zero attached hydrogens (tertiary/aromatic N) is 1. The second kappa shape index (κ2) is 6.81. The van der Waals surface area contributed by atoms with Gasteiger partial charge in [0.05, 0.1) is 0 Å². The lowest BCUT2D eigenvalue weighted by molar-refractivity contribution is 0.0684. The zero-order valence-electron chi connectivity index (χ0n) is 13.3. The maximum atomic E-state index is 12.8. The van der Waals surface area contributed by atoms with Crippen LogP contribution in [0.25, 0.3) is 0 Å². The summed E-state index contributed by atoms with van der Waals surface area (Å²) in [5, 5.41) is 9.23. The SMILES string of the molecule is CCc1oc(C(=O)N(Cc2cccc(Br)c2)C2CC2)cc1C(=O)O. The van der Waals surface area contributed by atoms with Crippen molar-refractivity contribution in [1.29, 1.82) is 0 Å². The van der Waals surface area contributed by atoms with E-state index >= 15 is 0 Å². The van der Waals surface area contributed by atoms with E-state index in [2.05, 4.69) is 15.9 Å². The number of hydrogen-bond donors (Lipinski definition) is 1. The number of aromatic carboxylic acids is 1. The van der Waals surface area contributed by atoms with Gasteiger partial charge < -0.3 is 14.4 Å². The fraction of sp³-hybridized carbons (Fsp3) is 0.333. The highest BCUT2D eigenvalue weighted by Crippen LogP contribution is 2.31. The van der Waals surface area contributed by atoms with Gasteiger partial charge in [0, 0.05) is 29.5 Å². The predicted octanol–water partition coefficient (Wildman–Crippen LogP) is 4.11. The summed E-state index contributed by atoms with van der Waals surface area (Å²) in [4.78, 5) is 25.9. The van der Waals surface area contributed by atoms with Crippen molar-refractivity contribution in [1.82, 2.24) is 4.90 Å². The maximum absolute atomic E-state index is 12.8. The van der Waals surface area contributed by atoms with Gasteiger partial charge in [-0.2, -0.15) is 0 Å². The van der Waals surface area contributed by atoms with Crippen LogP contribution in [0.2, 0.25) is 0 Å². The fourth-order valence-corrected chi connectivity index (χ4v) is 3.15. The van der Waals surface area contributed by atoms with Gasteiger partial charge in [0.2, 0.25) is 0 Å². The first-order chi connectivity index (χ1) is 11.5. The molecular weight excluding hydrogens is 374 g/mol. The highest BCUT2D eigenvalue weighted by molar-refractivity contribution is 9.10. The maximum Gasteiger partial charge on any atom is 0.339 e. The minimum Gasteiger partial charge on any atom is -0.478 e. The Morgan fingerprint density at radius 2 is 2.08 bits per heavy atom. The summed E-state index contributed by atoms with van der Waals surface area (Å²) in [6.07, 6.45) is 2.36. The molecule has 0 saturated heterocycles. The van der Waals surface area contributed by atoms with Crippen molar-refractivity contribution < 1.29 is 19.1 Å². The number of halogens is 1. The van der Waals surface area contributed by atoms with Crippen molar-refractivity contribution >= 4 is 27.8 Å². The second-order valence-corrected chi connectivity index (χ2v) is 6.82. The van der Waals surface area contributed by atoms with Gasteiger partial charge in [0.15, 0.2) is 5.76 Å². The summed E-state index contributed by atoms with van der Waals surface area (Å²) in [7, 11) is 0. The lowest BCUT2D eigenvalue weighted by Gasteiger charge is -2.21. The van der Waals surface area contributed by atoms with Gasteiger partial charge in [0.25, 0.3) is 5.91 Å². The second-order valence-electron chi connectivity index (χ2n) is 5.90. The molecule has 1 amide bonds. The third-order valence-electron chi connectivity index (χ3n) is 4.06. The smallest absolute Gasteiger partial charge is 0.339 e. The molecule has 5 nitrogen and oxygen atoms in total. The van der Waals surface area contributed by atoms with E-state index in [1.165, 1.54) is 6.07 Å². The molecule has 1 aromatic carbocycles. The number of carboxylic acid groups (broad SMARTS) is 1. The topological polar surface area (TPSA) is 70.8 Å². The van der Waals surface area contributed by atoms with Crippen LogP contribution in [-0.4, -0.2) is 27.9 Å². The lowest BCUT2D eigenvalue weighted by atomic mass is 10.2. The largest absolute Gasteiger partial charge is 0.478 e. The number of carbonyl (C=O) groups excluding carboxylic acids is 1. The Bertz CT molecular complexity index is 779. The number of benzene rings is 1. The summed E-state index contributed by atoms with van der Waals surface area (Å²) in [6, 6.07) is 9.35. The van der Waals surface area contributed by atoms with Crippen LogP contribution in [0.3, 0.4) is 0 Å². The molecule has 0 bridgehead atoms. The molecule has 0 radical (unpaired) electrons. The highest BCUT2D eigenvalue weighted by atomic mass is 79.9. The molecule has 3 rings (SSSR count). The Balaban J connectivity index is 1.86. The average Bonchev–Trinajstić information content (AvgIpc) is 3.29. The number of carbonyl (C=O) groups is 2. The van der Waals surface area contributed by atoms with Crippen LogP contribution < -0.4 is 0 Å². The summed E-state index contributed by atoms with van der Waals surface area (Å²) in [5.74, 6) is -0.880. The number of furan rings is 1. The predicted molar refractivity (Wildman–Crippen MR) is 92.1 cm³/mol. The Morgan fingerprint density at radius 3 is 2.62 bits per heavy atom. The summed E-state index contributed by atoms with van der Waals surface area (Å²) in [5.41, 5.74) is 1.09. The summed E-state index contributed by atoms with van der Waals surface area (Å²) < 4.78 is 6.49. The molecule has 0 aliphatic heterocycles. The molecule has 1 saturated carbocycles. The van der Waals surface area contributed by atoms with Crippen molar-refractivity contribution in [2.45, 2.75) is 38.8 Å². The first-order valence-electron chi connectivity index (χ1n) is 7.91. The molecule has 0 unspecified atom stereocenters. The minimum atomic E-state index is -1.07. The van der Waals surface area contributed by atoms with Crippen LogP contribution in [0.5, 0.6) is 0 Å². The van der Waals surface area contributed by atoms with E-state index in [1.807, 2.05) is 24.3 Å². The van der Waals surface area contributed by atoms with Crippen molar-refractivity contribution in [3.63, 3.8) is 0 Å². The van der Waals surface area contributed by atoms with Crippen LogP contribution in [-0.2, 0) is 13.0 Å². The van der Waals surface area contributed by atoms with Crippen molar-refractivity contribution in [2.24, 2.45) is 0 Å². The molecule has 0 spiro atoms. The lowest BCUT2D eigenvalue weighted by Crippen LogP contribution is -2.32. The van der Waals surface area contributed by atoms with E-state index in [0.29, 0.717) is 18.7 Å². The Hall–Kier alpha value is -2.08. The van der Waals surface area contributed by atoms with Gasteiger partial charge in [-0.1, -0.05) is 35.0 Å². The van der Waals surface area contributed by atoms with E-state index in [4.69, 9.17) is 4.42 Å². The monoisotopic (exact) mass is 391 g/mol. The molecule has 126 valence electrons. The quantitative estimate of drug-likeness (QED) is 0.803. The van der Waals surface area contributed by atoms with Gasteiger partial charge in [-0.05, 0) is 30.5 Å². The Morgan fingerprint density at radius 1 is 1.33 bits per heavy atom.